The van der Waals surface area contributed by atoms with E-state index in [0.717, 1.165) is 25.2 Å². The SMILES string of the molecule is CC(C)NCc1cc(S(=O)(=O)NC2CCN(C)C2)c[nH]1. The van der Waals surface area contributed by atoms with Crippen molar-refractivity contribution in [3.05, 3.63) is 18.0 Å². The monoisotopic (exact) mass is 300 g/mol. The van der Waals surface area contributed by atoms with Crippen LogP contribution in [0, 0.1) is 0 Å². The Kier molecular flexibility index (Phi) is 4.85. The Hall–Kier alpha value is -0.890. The van der Waals surface area contributed by atoms with E-state index in [0.29, 0.717) is 17.5 Å². The summed E-state index contributed by atoms with van der Waals surface area (Å²) in [6, 6.07) is 2.07. The molecule has 0 spiro atoms. The Labute approximate surface area is 121 Å². The summed E-state index contributed by atoms with van der Waals surface area (Å²) in [6.07, 6.45) is 2.42. The molecule has 1 aliphatic heterocycles. The molecule has 0 aliphatic carbocycles. The van der Waals surface area contributed by atoms with Crippen LogP contribution in [0.1, 0.15) is 26.0 Å². The number of hydrogen-bond donors (Lipinski definition) is 3. The van der Waals surface area contributed by atoms with Gasteiger partial charge in [0.2, 0.25) is 10.0 Å². The lowest BCUT2D eigenvalue weighted by molar-refractivity contribution is 0.407. The molecule has 2 rings (SSSR count). The molecule has 7 heteroatoms. The minimum Gasteiger partial charge on any atom is -0.363 e. The van der Waals surface area contributed by atoms with Gasteiger partial charge in [-0.1, -0.05) is 13.8 Å². The van der Waals surface area contributed by atoms with Gasteiger partial charge in [-0.05, 0) is 26.1 Å². The first-order chi connectivity index (χ1) is 9.37. The van der Waals surface area contributed by atoms with E-state index in [9.17, 15) is 8.42 Å². The highest BCUT2D eigenvalue weighted by molar-refractivity contribution is 7.89. The lowest BCUT2D eigenvalue weighted by Gasteiger charge is -2.12. The number of aromatic nitrogens is 1. The molecular formula is C13H24N4O2S. The number of aromatic amines is 1. The van der Waals surface area contributed by atoms with Crippen molar-refractivity contribution in [2.75, 3.05) is 20.1 Å². The quantitative estimate of drug-likeness (QED) is 0.715. The van der Waals surface area contributed by atoms with E-state index in [-0.39, 0.29) is 6.04 Å². The summed E-state index contributed by atoms with van der Waals surface area (Å²) in [7, 11) is -1.42. The van der Waals surface area contributed by atoms with Gasteiger partial charge in [0.05, 0.1) is 4.90 Å². The number of likely N-dealkylation sites (tertiary alicyclic amines) is 1. The molecule has 1 atom stereocenters. The molecule has 1 aromatic heterocycles. The van der Waals surface area contributed by atoms with Crippen LogP contribution >= 0.6 is 0 Å². The summed E-state index contributed by atoms with van der Waals surface area (Å²) in [4.78, 5) is 5.45. The number of hydrogen-bond acceptors (Lipinski definition) is 4. The van der Waals surface area contributed by atoms with Gasteiger partial charge in [-0.15, -0.1) is 0 Å². The number of likely N-dealkylation sites (N-methyl/N-ethyl adjacent to an activating group) is 1. The maximum atomic E-state index is 12.3. The highest BCUT2D eigenvalue weighted by Gasteiger charge is 2.25. The highest BCUT2D eigenvalue weighted by atomic mass is 32.2. The van der Waals surface area contributed by atoms with Crippen molar-refractivity contribution in [2.24, 2.45) is 0 Å². The fourth-order valence-corrected chi connectivity index (χ4v) is 3.59. The average Bonchev–Trinajstić information content (AvgIpc) is 2.95. The van der Waals surface area contributed by atoms with E-state index >= 15 is 0 Å². The van der Waals surface area contributed by atoms with Gasteiger partial charge >= 0.3 is 0 Å². The third kappa shape index (κ3) is 4.05. The predicted octanol–water partition coefficient (Wildman–Crippen LogP) is 0.495. The van der Waals surface area contributed by atoms with Crippen molar-refractivity contribution in [1.82, 2.24) is 19.9 Å². The fourth-order valence-electron chi connectivity index (χ4n) is 2.31. The highest BCUT2D eigenvalue weighted by Crippen LogP contribution is 2.14. The van der Waals surface area contributed by atoms with Gasteiger partial charge in [0.25, 0.3) is 0 Å². The largest absolute Gasteiger partial charge is 0.363 e. The van der Waals surface area contributed by atoms with Gasteiger partial charge in [0, 0.05) is 37.1 Å². The van der Waals surface area contributed by atoms with Crippen LogP contribution in [-0.4, -0.2) is 50.5 Å². The number of nitrogens with zero attached hydrogens (tertiary/aromatic N) is 1. The first-order valence-electron chi connectivity index (χ1n) is 6.98. The minimum absolute atomic E-state index is 0.0112. The zero-order valence-corrected chi connectivity index (χ0v) is 13.1. The molecule has 0 radical (unpaired) electrons. The number of rotatable bonds is 6. The topological polar surface area (TPSA) is 77.2 Å². The van der Waals surface area contributed by atoms with E-state index in [1.165, 1.54) is 0 Å². The van der Waals surface area contributed by atoms with Gasteiger partial charge in [0.1, 0.15) is 0 Å². The molecule has 1 saturated heterocycles. The van der Waals surface area contributed by atoms with Gasteiger partial charge < -0.3 is 15.2 Å². The molecule has 0 amide bonds. The second-order valence-corrected chi connectivity index (χ2v) is 7.48. The molecule has 0 bridgehead atoms. The lowest BCUT2D eigenvalue weighted by atomic mass is 10.3. The van der Waals surface area contributed by atoms with Crippen molar-refractivity contribution in [3.63, 3.8) is 0 Å². The molecule has 1 unspecified atom stereocenters. The van der Waals surface area contributed by atoms with Crippen molar-refractivity contribution in [3.8, 4) is 0 Å². The van der Waals surface area contributed by atoms with Crippen LogP contribution in [0.3, 0.4) is 0 Å². The predicted molar refractivity (Wildman–Crippen MR) is 79.0 cm³/mol. The molecule has 0 saturated carbocycles. The zero-order valence-electron chi connectivity index (χ0n) is 12.3. The molecule has 1 aliphatic rings. The van der Waals surface area contributed by atoms with Crippen molar-refractivity contribution in [1.29, 1.82) is 0 Å². The third-order valence-electron chi connectivity index (χ3n) is 3.44. The maximum absolute atomic E-state index is 12.3. The first kappa shape index (κ1) is 15.5. The summed E-state index contributed by atoms with van der Waals surface area (Å²) >= 11 is 0. The normalized spacial score (nSPS) is 20.9. The summed E-state index contributed by atoms with van der Waals surface area (Å²) in [6.45, 7) is 6.45. The summed E-state index contributed by atoms with van der Waals surface area (Å²) in [5.41, 5.74) is 0.877. The fraction of sp³-hybridized carbons (Fsp3) is 0.692. The molecule has 114 valence electrons. The average molecular weight is 300 g/mol. The van der Waals surface area contributed by atoms with Gasteiger partial charge in [-0.2, -0.15) is 0 Å². The number of nitrogens with one attached hydrogen (secondary N) is 3. The number of H-pyrrole nitrogens is 1. The van der Waals surface area contributed by atoms with E-state index in [1.54, 1.807) is 12.3 Å². The standard InChI is InChI=1S/C13H24N4O2S/c1-10(2)14-7-12-6-13(8-15-12)20(18,19)16-11-4-5-17(3)9-11/h6,8,10-11,14-16H,4-5,7,9H2,1-3H3. The Morgan fingerprint density at radius 3 is 2.85 bits per heavy atom. The summed E-state index contributed by atoms with van der Waals surface area (Å²) in [5.74, 6) is 0. The molecule has 0 aromatic carbocycles. The molecular weight excluding hydrogens is 276 g/mol. The molecule has 1 fully saturated rings. The zero-order chi connectivity index (χ0) is 14.8. The van der Waals surface area contributed by atoms with Crippen molar-refractivity contribution >= 4 is 10.0 Å². The summed E-state index contributed by atoms with van der Waals surface area (Å²) < 4.78 is 27.3. The lowest BCUT2D eigenvalue weighted by Crippen LogP contribution is -2.36. The van der Waals surface area contributed by atoms with Crippen LogP contribution < -0.4 is 10.0 Å². The van der Waals surface area contributed by atoms with Crippen LogP contribution in [0.2, 0.25) is 0 Å². The third-order valence-corrected chi connectivity index (χ3v) is 4.94. The van der Waals surface area contributed by atoms with Gasteiger partial charge in [-0.3, -0.25) is 0 Å². The Balaban J connectivity index is 1.99. The molecule has 2 heterocycles. The smallest absolute Gasteiger partial charge is 0.242 e. The van der Waals surface area contributed by atoms with Crippen LogP contribution in [0.4, 0.5) is 0 Å². The van der Waals surface area contributed by atoms with Crippen LogP contribution in [0.15, 0.2) is 17.2 Å². The molecule has 1 aromatic rings. The second kappa shape index (κ2) is 6.26. The van der Waals surface area contributed by atoms with Crippen LogP contribution in [-0.2, 0) is 16.6 Å². The van der Waals surface area contributed by atoms with Gasteiger partial charge in [0.15, 0.2) is 0 Å². The van der Waals surface area contributed by atoms with Crippen molar-refractivity contribution in [2.45, 2.75) is 43.8 Å². The molecule has 6 nitrogen and oxygen atoms in total. The van der Waals surface area contributed by atoms with E-state index in [1.807, 2.05) is 7.05 Å². The van der Waals surface area contributed by atoms with Crippen LogP contribution in [0.25, 0.3) is 0 Å². The molecule has 3 N–H and O–H groups in total. The molecule has 20 heavy (non-hydrogen) atoms. The second-order valence-electron chi connectivity index (χ2n) is 5.77. The number of sulfonamides is 1. The van der Waals surface area contributed by atoms with Crippen molar-refractivity contribution < 1.29 is 8.42 Å². The Bertz CT molecular complexity index is 538. The minimum atomic E-state index is -3.42. The van der Waals surface area contributed by atoms with E-state index in [4.69, 9.17) is 0 Å². The maximum Gasteiger partial charge on any atom is 0.242 e. The van der Waals surface area contributed by atoms with E-state index in [2.05, 4.69) is 33.8 Å². The Morgan fingerprint density at radius 1 is 1.50 bits per heavy atom. The van der Waals surface area contributed by atoms with E-state index < -0.39 is 10.0 Å². The van der Waals surface area contributed by atoms with Gasteiger partial charge in [-0.25, -0.2) is 13.1 Å². The summed E-state index contributed by atoms with van der Waals surface area (Å²) in [5, 5.41) is 3.25. The first-order valence-corrected chi connectivity index (χ1v) is 8.46. The van der Waals surface area contributed by atoms with Crippen LogP contribution in [0.5, 0.6) is 0 Å². The Morgan fingerprint density at radius 2 is 2.25 bits per heavy atom.